The maximum atomic E-state index is 12.6. The number of amides is 1. The molecule has 0 atom stereocenters. The molecule has 1 aliphatic rings. The molecule has 96 valence electrons. The highest BCUT2D eigenvalue weighted by atomic mass is 16.2. The third-order valence-electron chi connectivity index (χ3n) is 3.51. The van der Waals surface area contributed by atoms with E-state index < -0.39 is 0 Å². The molecule has 0 bridgehead atoms. The number of para-hydroxylation sites is 2. The van der Waals surface area contributed by atoms with Crippen molar-refractivity contribution in [1.82, 2.24) is 0 Å². The van der Waals surface area contributed by atoms with Crippen LogP contribution in [0.15, 0.2) is 54.6 Å². The zero-order valence-electron chi connectivity index (χ0n) is 10.9. The van der Waals surface area contributed by atoms with Crippen LogP contribution in [0.5, 0.6) is 0 Å². The Hall–Kier alpha value is -2.29. The molecule has 1 amide bonds. The van der Waals surface area contributed by atoms with Gasteiger partial charge in [0.1, 0.15) is 0 Å². The number of hydrogen-bond acceptors (Lipinski definition) is 2. The van der Waals surface area contributed by atoms with Crippen LogP contribution in [0.2, 0.25) is 0 Å². The molecule has 0 saturated heterocycles. The van der Waals surface area contributed by atoms with Crippen molar-refractivity contribution in [3.63, 3.8) is 0 Å². The lowest BCUT2D eigenvalue weighted by molar-refractivity contribution is 0.0987. The van der Waals surface area contributed by atoms with Crippen molar-refractivity contribution in [3.05, 3.63) is 60.2 Å². The van der Waals surface area contributed by atoms with Crippen LogP contribution in [0.25, 0.3) is 0 Å². The first-order chi connectivity index (χ1) is 9.27. The van der Waals surface area contributed by atoms with E-state index in [2.05, 4.69) is 18.0 Å². The van der Waals surface area contributed by atoms with Gasteiger partial charge in [-0.25, -0.2) is 0 Å². The normalized spacial score (nSPS) is 14.2. The van der Waals surface area contributed by atoms with Gasteiger partial charge in [0.15, 0.2) is 0 Å². The van der Waals surface area contributed by atoms with Gasteiger partial charge in [0.05, 0.1) is 11.4 Å². The Morgan fingerprint density at radius 1 is 0.895 bits per heavy atom. The Kier molecular flexibility index (Phi) is 2.95. The topological polar surface area (TPSA) is 23.6 Å². The maximum Gasteiger partial charge on any atom is 0.258 e. The average Bonchev–Trinajstić information content (AvgIpc) is 2.48. The molecule has 0 aliphatic carbocycles. The second kappa shape index (κ2) is 4.76. The fourth-order valence-electron chi connectivity index (χ4n) is 2.45. The average molecular weight is 252 g/mol. The summed E-state index contributed by atoms with van der Waals surface area (Å²) < 4.78 is 0. The third-order valence-corrected chi connectivity index (χ3v) is 3.51. The minimum atomic E-state index is 0.0705. The molecular formula is C16H16N2O. The lowest BCUT2D eigenvalue weighted by atomic mass is 10.1. The summed E-state index contributed by atoms with van der Waals surface area (Å²) in [5.74, 6) is 0.0705. The molecule has 0 saturated carbocycles. The van der Waals surface area contributed by atoms with Crippen LogP contribution in [-0.2, 0) is 0 Å². The van der Waals surface area contributed by atoms with Gasteiger partial charge < -0.3 is 9.80 Å². The highest BCUT2D eigenvalue weighted by Crippen LogP contribution is 2.32. The van der Waals surface area contributed by atoms with E-state index in [1.165, 1.54) is 0 Å². The lowest BCUT2D eigenvalue weighted by Crippen LogP contribution is -2.42. The van der Waals surface area contributed by atoms with E-state index in [1.54, 1.807) is 0 Å². The molecule has 3 rings (SSSR count). The van der Waals surface area contributed by atoms with Crippen LogP contribution in [0.4, 0.5) is 11.4 Å². The Morgan fingerprint density at radius 2 is 1.53 bits per heavy atom. The van der Waals surface area contributed by atoms with Gasteiger partial charge in [-0.05, 0) is 24.3 Å². The van der Waals surface area contributed by atoms with E-state index in [1.807, 2.05) is 53.4 Å². The van der Waals surface area contributed by atoms with Gasteiger partial charge in [0.25, 0.3) is 5.91 Å². The van der Waals surface area contributed by atoms with Crippen molar-refractivity contribution in [2.75, 3.05) is 29.9 Å². The lowest BCUT2D eigenvalue weighted by Gasteiger charge is -2.35. The van der Waals surface area contributed by atoms with E-state index >= 15 is 0 Å². The Balaban J connectivity index is 1.99. The standard InChI is InChI=1S/C16H16N2O/c1-17-11-12-18(15-10-6-5-9-14(15)17)16(19)13-7-3-2-4-8-13/h2-10H,11-12H2,1H3. The molecule has 0 N–H and O–H groups in total. The van der Waals surface area contributed by atoms with Gasteiger partial charge >= 0.3 is 0 Å². The highest BCUT2D eigenvalue weighted by Gasteiger charge is 2.25. The van der Waals surface area contributed by atoms with Crippen LogP contribution >= 0.6 is 0 Å². The van der Waals surface area contributed by atoms with Gasteiger partial charge in [-0.3, -0.25) is 4.79 Å². The largest absolute Gasteiger partial charge is 0.371 e. The van der Waals surface area contributed by atoms with Crippen molar-refractivity contribution >= 4 is 17.3 Å². The van der Waals surface area contributed by atoms with Gasteiger partial charge in [-0.2, -0.15) is 0 Å². The van der Waals surface area contributed by atoms with Crippen molar-refractivity contribution in [2.45, 2.75) is 0 Å². The highest BCUT2D eigenvalue weighted by molar-refractivity contribution is 6.08. The van der Waals surface area contributed by atoms with Crippen LogP contribution in [0, 0.1) is 0 Å². The van der Waals surface area contributed by atoms with E-state index in [-0.39, 0.29) is 5.91 Å². The number of nitrogens with zero attached hydrogens (tertiary/aromatic N) is 2. The predicted molar refractivity (Wildman–Crippen MR) is 77.8 cm³/mol. The summed E-state index contributed by atoms with van der Waals surface area (Å²) in [6, 6.07) is 17.5. The maximum absolute atomic E-state index is 12.6. The molecule has 1 heterocycles. The summed E-state index contributed by atoms with van der Waals surface area (Å²) in [4.78, 5) is 16.6. The molecule has 1 aliphatic heterocycles. The molecule has 2 aromatic carbocycles. The number of benzene rings is 2. The molecule has 0 aromatic heterocycles. The second-order valence-electron chi connectivity index (χ2n) is 4.73. The smallest absolute Gasteiger partial charge is 0.258 e. The third kappa shape index (κ3) is 2.08. The SMILES string of the molecule is CN1CCN(C(=O)c2ccccc2)c2ccccc21. The first kappa shape index (κ1) is 11.8. The molecule has 2 aromatic rings. The first-order valence-electron chi connectivity index (χ1n) is 6.44. The number of carbonyl (C=O) groups is 1. The van der Waals surface area contributed by atoms with Gasteiger partial charge in [0, 0.05) is 25.7 Å². The van der Waals surface area contributed by atoms with Gasteiger partial charge in [-0.1, -0.05) is 30.3 Å². The fraction of sp³-hybridized carbons (Fsp3) is 0.188. The number of hydrogen-bond donors (Lipinski definition) is 0. The minimum absolute atomic E-state index is 0.0705. The van der Waals surface area contributed by atoms with E-state index in [0.29, 0.717) is 0 Å². The number of anilines is 2. The Morgan fingerprint density at radius 3 is 2.26 bits per heavy atom. The zero-order valence-corrected chi connectivity index (χ0v) is 10.9. The van der Waals surface area contributed by atoms with Crippen LogP contribution in [0.3, 0.4) is 0 Å². The Bertz CT molecular complexity index is 595. The molecule has 0 spiro atoms. The first-order valence-corrected chi connectivity index (χ1v) is 6.44. The van der Waals surface area contributed by atoms with Crippen LogP contribution in [-0.4, -0.2) is 26.0 Å². The van der Waals surface area contributed by atoms with Crippen LogP contribution < -0.4 is 9.80 Å². The minimum Gasteiger partial charge on any atom is -0.371 e. The summed E-state index contributed by atoms with van der Waals surface area (Å²) in [7, 11) is 2.06. The molecule has 3 nitrogen and oxygen atoms in total. The second-order valence-corrected chi connectivity index (χ2v) is 4.73. The number of carbonyl (C=O) groups excluding carboxylic acids is 1. The zero-order chi connectivity index (χ0) is 13.2. The van der Waals surface area contributed by atoms with E-state index in [9.17, 15) is 4.79 Å². The van der Waals surface area contributed by atoms with Crippen molar-refractivity contribution in [3.8, 4) is 0 Å². The summed E-state index contributed by atoms with van der Waals surface area (Å²) in [5, 5.41) is 0. The Labute approximate surface area is 113 Å². The molecule has 19 heavy (non-hydrogen) atoms. The molecule has 3 heteroatoms. The molecule has 0 unspecified atom stereocenters. The summed E-state index contributed by atoms with van der Waals surface area (Å²) in [5.41, 5.74) is 2.84. The van der Waals surface area contributed by atoms with Crippen molar-refractivity contribution in [2.24, 2.45) is 0 Å². The van der Waals surface area contributed by atoms with Crippen LogP contribution in [0.1, 0.15) is 10.4 Å². The van der Waals surface area contributed by atoms with E-state index in [0.717, 1.165) is 30.0 Å². The number of likely N-dealkylation sites (N-methyl/N-ethyl adjacent to an activating group) is 1. The number of fused-ring (bicyclic) bond motifs is 1. The quantitative estimate of drug-likeness (QED) is 0.779. The predicted octanol–water partition coefficient (Wildman–Crippen LogP) is 2.78. The summed E-state index contributed by atoms with van der Waals surface area (Å²) in [6.45, 7) is 1.58. The molecular weight excluding hydrogens is 236 g/mol. The van der Waals surface area contributed by atoms with E-state index in [4.69, 9.17) is 0 Å². The molecule has 0 radical (unpaired) electrons. The monoisotopic (exact) mass is 252 g/mol. The van der Waals surface area contributed by atoms with Gasteiger partial charge in [-0.15, -0.1) is 0 Å². The van der Waals surface area contributed by atoms with Crippen molar-refractivity contribution in [1.29, 1.82) is 0 Å². The van der Waals surface area contributed by atoms with Crippen molar-refractivity contribution < 1.29 is 4.79 Å². The summed E-state index contributed by atoms with van der Waals surface area (Å²) in [6.07, 6.45) is 0. The number of rotatable bonds is 1. The molecule has 0 fully saturated rings. The summed E-state index contributed by atoms with van der Waals surface area (Å²) >= 11 is 0. The van der Waals surface area contributed by atoms with Gasteiger partial charge in [0.2, 0.25) is 0 Å². The fourth-order valence-corrected chi connectivity index (χ4v) is 2.45.